The predicted molar refractivity (Wildman–Crippen MR) is 141 cm³/mol. The number of aromatic nitrogens is 1. The molecule has 9 nitrogen and oxygen atoms in total. The quantitative estimate of drug-likeness (QED) is 0.634. The van der Waals surface area contributed by atoms with Crippen molar-refractivity contribution in [1.29, 1.82) is 5.26 Å². The fourth-order valence-corrected chi connectivity index (χ4v) is 5.88. The number of nitriles is 1. The number of benzene rings is 1. The lowest BCUT2D eigenvalue weighted by atomic mass is 10.1. The summed E-state index contributed by atoms with van der Waals surface area (Å²) in [5.41, 5.74) is 4.20. The van der Waals surface area contributed by atoms with Crippen molar-refractivity contribution in [2.45, 2.75) is 51.6 Å². The average Bonchev–Trinajstić information content (AvgIpc) is 3.58. The van der Waals surface area contributed by atoms with E-state index in [1.807, 2.05) is 30.9 Å². The van der Waals surface area contributed by atoms with Crippen molar-refractivity contribution in [1.82, 2.24) is 25.0 Å². The first-order valence-corrected chi connectivity index (χ1v) is 13.0. The highest BCUT2D eigenvalue weighted by molar-refractivity contribution is 6.02. The van der Waals surface area contributed by atoms with Gasteiger partial charge in [-0.1, -0.05) is 12.1 Å². The van der Waals surface area contributed by atoms with Gasteiger partial charge in [0.05, 0.1) is 12.2 Å². The number of hydrogen-bond donors (Lipinski definition) is 1. The molecule has 5 heterocycles. The third-order valence-corrected chi connectivity index (χ3v) is 7.83. The molecule has 6 rings (SSSR count). The van der Waals surface area contributed by atoms with Gasteiger partial charge in [0.1, 0.15) is 23.4 Å². The van der Waals surface area contributed by atoms with E-state index < -0.39 is 6.17 Å². The molecule has 0 radical (unpaired) electrons. The van der Waals surface area contributed by atoms with Crippen molar-refractivity contribution < 1.29 is 9.13 Å². The number of pyridine rings is 1. The molecule has 0 spiro atoms. The number of aliphatic imine (C=N–C) groups is 2. The van der Waals surface area contributed by atoms with Crippen molar-refractivity contribution in [3.8, 4) is 6.07 Å². The van der Waals surface area contributed by atoms with E-state index in [4.69, 9.17) is 14.7 Å². The zero-order valence-corrected chi connectivity index (χ0v) is 21.9. The molecule has 2 bridgehead atoms. The Morgan fingerprint density at radius 3 is 2.76 bits per heavy atom. The molecule has 38 heavy (non-hydrogen) atoms. The third-order valence-electron chi connectivity index (χ3n) is 7.83. The molecule has 4 aliphatic rings. The minimum Gasteiger partial charge on any atom is -0.465 e. The number of nitrogens with zero attached hydrogens (tertiary/aromatic N) is 7. The molecule has 4 aliphatic heterocycles. The Labute approximate surface area is 221 Å². The molecule has 0 amide bonds. The van der Waals surface area contributed by atoms with Gasteiger partial charge in [0.25, 0.3) is 6.02 Å². The summed E-state index contributed by atoms with van der Waals surface area (Å²) in [6, 6.07) is 11.0. The maximum atomic E-state index is 15.5. The number of halogens is 1. The first-order valence-electron chi connectivity index (χ1n) is 13.0. The summed E-state index contributed by atoms with van der Waals surface area (Å²) < 4.78 is 21.2. The van der Waals surface area contributed by atoms with Crippen LogP contribution in [0.15, 0.2) is 58.0 Å². The largest absolute Gasteiger partial charge is 0.465 e. The molecule has 1 N–H and O–H groups in total. The minimum atomic E-state index is -0.477. The van der Waals surface area contributed by atoms with E-state index in [0.717, 1.165) is 36.6 Å². The average molecular weight is 515 g/mol. The van der Waals surface area contributed by atoms with Crippen LogP contribution in [0.1, 0.15) is 42.5 Å². The summed E-state index contributed by atoms with van der Waals surface area (Å²) in [5.74, 6) is 0.349. The molecule has 3 atom stereocenters. The monoisotopic (exact) mass is 514 g/mol. The van der Waals surface area contributed by atoms with E-state index in [9.17, 15) is 5.26 Å². The number of rotatable bonds is 6. The SMILES string of the molecule is CCOC1=NC2C(=C(C)N1)N=C(c1cncc(C#N)c1)N2Cc1ccc(CN2CC3CC2CN3C)cc1F. The highest BCUT2D eigenvalue weighted by Gasteiger charge is 2.41. The van der Waals surface area contributed by atoms with Gasteiger partial charge in [0.15, 0.2) is 6.17 Å². The van der Waals surface area contributed by atoms with E-state index >= 15 is 4.39 Å². The van der Waals surface area contributed by atoms with Crippen LogP contribution in [0, 0.1) is 17.1 Å². The number of hydrogen-bond acceptors (Lipinski definition) is 9. The van der Waals surface area contributed by atoms with Gasteiger partial charge >= 0.3 is 0 Å². The van der Waals surface area contributed by atoms with Crippen molar-refractivity contribution in [3.05, 3.63) is 76.1 Å². The first kappa shape index (κ1) is 24.5. The molecule has 2 fully saturated rings. The normalized spacial score (nSPS) is 24.7. The molecule has 2 aromatic rings. The lowest BCUT2D eigenvalue weighted by Crippen LogP contribution is -2.43. The van der Waals surface area contributed by atoms with Crippen molar-refractivity contribution >= 4 is 11.9 Å². The summed E-state index contributed by atoms with van der Waals surface area (Å²) in [5, 5.41) is 12.6. The van der Waals surface area contributed by atoms with Crippen LogP contribution in [-0.4, -0.2) is 76.5 Å². The van der Waals surface area contributed by atoms with E-state index in [2.05, 4.69) is 33.2 Å². The fraction of sp³-hybridized carbons (Fsp3) is 0.429. The van der Waals surface area contributed by atoms with Gasteiger partial charge in [-0.3, -0.25) is 9.88 Å². The molecular weight excluding hydrogens is 483 g/mol. The Morgan fingerprint density at radius 2 is 2.05 bits per heavy atom. The van der Waals surface area contributed by atoms with Gasteiger partial charge in [-0.25, -0.2) is 14.4 Å². The van der Waals surface area contributed by atoms with Crippen LogP contribution in [0.25, 0.3) is 0 Å². The second-order valence-corrected chi connectivity index (χ2v) is 10.4. The second kappa shape index (κ2) is 9.82. The molecule has 1 aromatic heterocycles. The topological polar surface area (TPSA) is 92.4 Å². The molecule has 196 valence electrons. The molecular formula is C28H31FN8O. The summed E-state index contributed by atoms with van der Waals surface area (Å²) in [7, 11) is 2.19. The maximum Gasteiger partial charge on any atom is 0.291 e. The number of ether oxygens (including phenoxy) is 1. The number of likely N-dealkylation sites (tertiary alicyclic amines) is 2. The molecule has 0 saturated carbocycles. The summed E-state index contributed by atoms with van der Waals surface area (Å²) in [6.07, 6.45) is 3.90. The van der Waals surface area contributed by atoms with Crippen LogP contribution in [0.5, 0.6) is 0 Å². The van der Waals surface area contributed by atoms with Crippen LogP contribution < -0.4 is 5.32 Å². The predicted octanol–water partition coefficient (Wildman–Crippen LogP) is 2.80. The van der Waals surface area contributed by atoms with Gasteiger partial charge in [0.2, 0.25) is 0 Å². The first-order chi connectivity index (χ1) is 18.4. The third kappa shape index (κ3) is 4.42. The lowest BCUT2D eigenvalue weighted by molar-refractivity contribution is 0.143. The minimum absolute atomic E-state index is 0.246. The zero-order chi connectivity index (χ0) is 26.4. The summed E-state index contributed by atoms with van der Waals surface area (Å²) in [6.45, 7) is 7.42. The fourth-order valence-electron chi connectivity index (χ4n) is 5.88. The smallest absolute Gasteiger partial charge is 0.291 e. The van der Waals surface area contributed by atoms with Gasteiger partial charge < -0.3 is 19.9 Å². The molecule has 1 aromatic carbocycles. The van der Waals surface area contributed by atoms with E-state index in [1.54, 1.807) is 18.3 Å². The lowest BCUT2D eigenvalue weighted by Gasteiger charge is -2.32. The van der Waals surface area contributed by atoms with Crippen LogP contribution in [0.4, 0.5) is 4.39 Å². The Hall–Kier alpha value is -3.81. The zero-order valence-electron chi connectivity index (χ0n) is 21.9. The molecule has 3 unspecified atom stereocenters. The number of allylic oxidation sites excluding steroid dienone is 1. The number of nitrogens with one attached hydrogen (secondary N) is 1. The van der Waals surface area contributed by atoms with E-state index in [0.29, 0.717) is 47.2 Å². The van der Waals surface area contributed by atoms with Crippen LogP contribution in [0.3, 0.4) is 0 Å². The van der Waals surface area contributed by atoms with Crippen LogP contribution in [-0.2, 0) is 17.8 Å². The summed E-state index contributed by atoms with van der Waals surface area (Å²) >= 11 is 0. The van der Waals surface area contributed by atoms with Crippen LogP contribution in [0.2, 0.25) is 0 Å². The van der Waals surface area contributed by atoms with Crippen LogP contribution >= 0.6 is 0 Å². The van der Waals surface area contributed by atoms with Crippen molar-refractivity contribution in [3.63, 3.8) is 0 Å². The van der Waals surface area contributed by atoms with Gasteiger partial charge in [-0.05, 0) is 45.0 Å². The van der Waals surface area contributed by atoms with Crippen molar-refractivity contribution in [2.75, 3.05) is 26.7 Å². The Morgan fingerprint density at radius 1 is 1.18 bits per heavy atom. The Kier molecular flexibility index (Phi) is 6.33. The Bertz CT molecular complexity index is 1390. The van der Waals surface area contributed by atoms with Crippen molar-refractivity contribution in [2.24, 2.45) is 9.98 Å². The number of piperazine rings is 1. The maximum absolute atomic E-state index is 15.5. The number of likely N-dealkylation sites (N-methyl/N-ethyl adjacent to an activating group) is 1. The summed E-state index contributed by atoms with van der Waals surface area (Å²) in [4.78, 5) is 20.7. The highest BCUT2D eigenvalue weighted by atomic mass is 19.1. The Balaban J connectivity index is 1.28. The van der Waals surface area contributed by atoms with Gasteiger partial charge in [-0.2, -0.15) is 5.26 Å². The molecule has 0 aliphatic carbocycles. The van der Waals surface area contributed by atoms with Gasteiger partial charge in [-0.15, -0.1) is 0 Å². The number of fused-ring (bicyclic) bond motifs is 3. The van der Waals surface area contributed by atoms with E-state index in [-0.39, 0.29) is 12.4 Å². The standard InChI is InChI=1S/C28H31FN8O/c1-4-38-28-32-17(2)25-27(34-28)37(26(33-25)21-7-19(10-30)11-31-12-21)14-20-6-5-18(8-24(20)29)13-36-16-22-9-23(36)15-35(22)3/h5-8,11-12,22-23,27H,4,9,13-16H2,1-3H3,(H,32,34). The molecule has 10 heteroatoms. The molecule has 2 saturated heterocycles. The van der Waals surface area contributed by atoms with Gasteiger partial charge in [0, 0.05) is 67.5 Å². The second-order valence-electron chi connectivity index (χ2n) is 10.4. The highest BCUT2D eigenvalue weighted by Crippen LogP contribution is 2.33. The number of amidine groups is 2. The van der Waals surface area contributed by atoms with E-state index in [1.165, 1.54) is 12.6 Å².